The molecule has 6 nitrogen and oxygen atoms in total. The van der Waals surface area contributed by atoms with Crippen molar-refractivity contribution < 1.29 is 9.53 Å². The summed E-state index contributed by atoms with van der Waals surface area (Å²) in [4.78, 5) is 22.9. The van der Waals surface area contributed by atoms with Crippen molar-refractivity contribution >= 4 is 6.09 Å². The van der Waals surface area contributed by atoms with E-state index >= 15 is 0 Å². The fourth-order valence-electron chi connectivity index (χ4n) is 4.04. The molecule has 0 bridgehead atoms. The Bertz CT molecular complexity index is 691. The number of carbonyl (C=O) groups is 1. The van der Waals surface area contributed by atoms with Crippen molar-refractivity contribution in [3.8, 4) is 0 Å². The van der Waals surface area contributed by atoms with Gasteiger partial charge in [0.05, 0.1) is 12.8 Å². The zero-order valence-corrected chi connectivity index (χ0v) is 17.4. The summed E-state index contributed by atoms with van der Waals surface area (Å²) in [5.74, 6) is 0. The average molecular weight is 385 g/mol. The van der Waals surface area contributed by atoms with Gasteiger partial charge in [-0.1, -0.05) is 30.3 Å². The summed E-state index contributed by atoms with van der Waals surface area (Å²) in [5.41, 5.74) is 0.374. The standard InChI is InChI=1S/C22H32N4O2/c1-21(2,3)28-20(27)25-12-10-22(23-4,11-13-25)26-16-14-24(15-17-26)18-19-8-6-5-7-9-19/h5-9H,10-18H2,1-3H3. The highest BCUT2D eigenvalue weighted by Gasteiger charge is 2.48. The monoisotopic (exact) mass is 384 g/mol. The smallest absolute Gasteiger partial charge is 0.410 e. The Morgan fingerprint density at radius 1 is 1.07 bits per heavy atom. The minimum atomic E-state index is -0.486. The summed E-state index contributed by atoms with van der Waals surface area (Å²) in [6.45, 7) is 19.4. The molecule has 1 aromatic carbocycles. The fourth-order valence-corrected chi connectivity index (χ4v) is 4.04. The first kappa shape index (κ1) is 20.6. The van der Waals surface area contributed by atoms with E-state index in [0.717, 1.165) is 32.7 Å². The number of rotatable bonds is 3. The van der Waals surface area contributed by atoms with Gasteiger partial charge < -0.3 is 9.64 Å². The molecule has 2 aliphatic heterocycles. The molecule has 0 radical (unpaired) electrons. The topological polar surface area (TPSA) is 40.4 Å². The maximum Gasteiger partial charge on any atom is 0.410 e. The number of likely N-dealkylation sites (tertiary alicyclic amines) is 1. The third kappa shape index (κ3) is 5.03. The number of amides is 1. The quantitative estimate of drug-likeness (QED) is 0.749. The Kier molecular flexibility index (Phi) is 6.26. The molecule has 0 aromatic heterocycles. The van der Waals surface area contributed by atoms with Crippen LogP contribution in [0.3, 0.4) is 0 Å². The first-order chi connectivity index (χ1) is 13.3. The Morgan fingerprint density at radius 3 is 2.21 bits per heavy atom. The fraction of sp³-hybridized carbons (Fsp3) is 0.636. The van der Waals surface area contributed by atoms with E-state index in [1.165, 1.54) is 5.56 Å². The minimum absolute atomic E-state index is 0.265. The van der Waals surface area contributed by atoms with Gasteiger partial charge in [0, 0.05) is 45.8 Å². The van der Waals surface area contributed by atoms with Crippen molar-refractivity contribution in [2.45, 2.75) is 51.4 Å². The molecule has 2 fully saturated rings. The van der Waals surface area contributed by atoms with E-state index in [1.54, 1.807) is 4.90 Å². The van der Waals surface area contributed by atoms with Crippen LogP contribution in [0.25, 0.3) is 4.85 Å². The van der Waals surface area contributed by atoms with E-state index in [-0.39, 0.29) is 6.09 Å². The van der Waals surface area contributed by atoms with Gasteiger partial charge in [0.25, 0.3) is 5.66 Å². The third-order valence-electron chi connectivity index (χ3n) is 5.63. The maximum absolute atomic E-state index is 12.3. The number of piperazine rings is 1. The van der Waals surface area contributed by atoms with Crippen LogP contribution in [0, 0.1) is 6.57 Å². The van der Waals surface area contributed by atoms with Crippen LogP contribution in [0.5, 0.6) is 0 Å². The lowest BCUT2D eigenvalue weighted by Gasteiger charge is -2.44. The summed E-state index contributed by atoms with van der Waals surface area (Å²) in [7, 11) is 0. The normalized spacial score (nSPS) is 21.1. The third-order valence-corrected chi connectivity index (χ3v) is 5.63. The van der Waals surface area contributed by atoms with E-state index in [9.17, 15) is 4.79 Å². The van der Waals surface area contributed by atoms with E-state index in [2.05, 4.69) is 38.9 Å². The number of carbonyl (C=O) groups excluding carboxylic acids is 1. The average Bonchev–Trinajstić information content (AvgIpc) is 2.68. The molecular weight excluding hydrogens is 352 g/mol. The molecule has 1 aromatic rings. The van der Waals surface area contributed by atoms with Gasteiger partial charge in [0.1, 0.15) is 5.60 Å². The molecule has 0 N–H and O–H groups in total. The first-order valence-corrected chi connectivity index (χ1v) is 10.2. The molecule has 28 heavy (non-hydrogen) atoms. The van der Waals surface area contributed by atoms with Gasteiger partial charge in [0.2, 0.25) is 0 Å². The Hall–Kier alpha value is -2.10. The Balaban J connectivity index is 1.52. The molecule has 0 saturated carbocycles. The van der Waals surface area contributed by atoms with Gasteiger partial charge in [-0.05, 0) is 26.3 Å². The summed E-state index contributed by atoms with van der Waals surface area (Å²) in [6, 6.07) is 10.5. The van der Waals surface area contributed by atoms with Crippen molar-refractivity contribution in [2.75, 3.05) is 39.3 Å². The summed E-state index contributed by atoms with van der Waals surface area (Å²) >= 11 is 0. The van der Waals surface area contributed by atoms with Gasteiger partial charge in [-0.25, -0.2) is 16.3 Å². The minimum Gasteiger partial charge on any atom is -0.444 e. The Morgan fingerprint density at radius 2 is 1.68 bits per heavy atom. The molecule has 0 atom stereocenters. The molecule has 3 rings (SSSR count). The number of hydrogen-bond donors (Lipinski definition) is 0. The van der Waals surface area contributed by atoms with Gasteiger partial charge in [-0.3, -0.25) is 9.74 Å². The highest BCUT2D eigenvalue weighted by molar-refractivity contribution is 5.68. The molecule has 2 heterocycles. The maximum atomic E-state index is 12.3. The summed E-state index contributed by atoms with van der Waals surface area (Å²) < 4.78 is 5.48. The van der Waals surface area contributed by atoms with Gasteiger partial charge in [0.15, 0.2) is 0 Å². The van der Waals surface area contributed by atoms with Crippen molar-refractivity contribution in [1.82, 2.24) is 14.7 Å². The molecule has 6 heteroatoms. The summed E-state index contributed by atoms with van der Waals surface area (Å²) in [5, 5.41) is 0. The second-order valence-electron chi connectivity index (χ2n) is 8.81. The molecule has 2 saturated heterocycles. The van der Waals surface area contributed by atoms with Crippen LogP contribution in [0.4, 0.5) is 4.79 Å². The second-order valence-corrected chi connectivity index (χ2v) is 8.81. The van der Waals surface area contributed by atoms with Crippen LogP contribution < -0.4 is 0 Å². The number of benzene rings is 1. The number of ether oxygens (including phenoxy) is 1. The SMILES string of the molecule is [C-]#[N+]C1(N2CCN(Cc3ccccc3)CC2)CCN(C(=O)OC(C)(C)C)CC1. The lowest BCUT2D eigenvalue weighted by Crippen LogP contribution is -2.59. The number of hydrogen-bond acceptors (Lipinski definition) is 4. The van der Waals surface area contributed by atoms with Crippen molar-refractivity contribution in [3.63, 3.8) is 0 Å². The lowest BCUT2D eigenvalue weighted by atomic mass is 9.94. The van der Waals surface area contributed by atoms with Crippen molar-refractivity contribution in [3.05, 3.63) is 47.3 Å². The van der Waals surface area contributed by atoms with Crippen LogP contribution in [0.2, 0.25) is 0 Å². The number of nitrogens with zero attached hydrogens (tertiary/aromatic N) is 4. The lowest BCUT2D eigenvalue weighted by molar-refractivity contribution is -0.00726. The zero-order valence-electron chi connectivity index (χ0n) is 17.4. The van der Waals surface area contributed by atoms with Crippen LogP contribution >= 0.6 is 0 Å². The number of piperidine rings is 1. The van der Waals surface area contributed by atoms with Crippen LogP contribution in [0.1, 0.15) is 39.2 Å². The van der Waals surface area contributed by atoms with Crippen LogP contribution in [-0.2, 0) is 11.3 Å². The molecule has 0 spiro atoms. The molecule has 2 aliphatic rings. The molecule has 0 unspecified atom stereocenters. The molecule has 152 valence electrons. The van der Waals surface area contributed by atoms with Crippen LogP contribution in [0.15, 0.2) is 30.3 Å². The van der Waals surface area contributed by atoms with Crippen molar-refractivity contribution in [2.24, 2.45) is 0 Å². The van der Waals surface area contributed by atoms with Gasteiger partial charge in [-0.15, -0.1) is 0 Å². The van der Waals surface area contributed by atoms with E-state index < -0.39 is 11.3 Å². The zero-order chi connectivity index (χ0) is 20.2. The van der Waals surface area contributed by atoms with E-state index in [1.807, 2.05) is 26.8 Å². The highest BCUT2D eigenvalue weighted by atomic mass is 16.6. The molecular formula is C22H32N4O2. The van der Waals surface area contributed by atoms with Crippen LogP contribution in [-0.4, -0.2) is 71.3 Å². The van der Waals surface area contributed by atoms with Gasteiger partial charge in [-0.2, -0.15) is 0 Å². The largest absolute Gasteiger partial charge is 0.444 e. The first-order valence-electron chi connectivity index (χ1n) is 10.2. The predicted molar refractivity (Wildman–Crippen MR) is 110 cm³/mol. The Labute approximate surface area is 168 Å². The molecule has 0 aliphatic carbocycles. The predicted octanol–water partition coefficient (Wildman–Crippen LogP) is 3.45. The second kappa shape index (κ2) is 8.50. The van der Waals surface area contributed by atoms with Gasteiger partial charge >= 0.3 is 6.09 Å². The highest BCUT2D eigenvalue weighted by Crippen LogP contribution is 2.32. The van der Waals surface area contributed by atoms with E-state index in [0.29, 0.717) is 25.9 Å². The summed E-state index contributed by atoms with van der Waals surface area (Å²) in [6.07, 6.45) is 1.11. The van der Waals surface area contributed by atoms with E-state index in [4.69, 9.17) is 11.3 Å². The van der Waals surface area contributed by atoms with Crippen molar-refractivity contribution in [1.29, 1.82) is 0 Å². The molecule has 1 amide bonds.